The first-order chi connectivity index (χ1) is 12.3. The molecule has 1 aliphatic carbocycles. The van der Waals surface area contributed by atoms with Crippen LogP contribution in [0.15, 0.2) is 29.3 Å². The van der Waals surface area contributed by atoms with Gasteiger partial charge in [0.15, 0.2) is 5.96 Å². The number of ether oxygens (including phenoxy) is 1. The largest absolute Gasteiger partial charge is 0.379 e. The van der Waals surface area contributed by atoms with Crippen molar-refractivity contribution in [2.75, 3.05) is 44.8 Å². The first-order valence-electron chi connectivity index (χ1n) is 9.66. The molecule has 138 valence electrons. The number of hydrogen-bond donors (Lipinski definition) is 2. The number of nitrogens with zero attached hydrogens (tertiary/aromatic N) is 2. The van der Waals surface area contributed by atoms with Crippen LogP contribution >= 0.6 is 0 Å². The number of guanidine groups is 1. The number of aliphatic imine (C=N–C) groups is 1. The molecule has 2 N–H and O–H groups in total. The van der Waals surface area contributed by atoms with Crippen molar-refractivity contribution in [3.63, 3.8) is 0 Å². The van der Waals surface area contributed by atoms with Gasteiger partial charge in [0.25, 0.3) is 0 Å². The molecule has 25 heavy (non-hydrogen) atoms. The van der Waals surface area contributed by atoms with Crippen molar-refractivity contribution in [1.82, 2.24) is 10.6 Å². The first kappa shape index (κ1) is 18.1. The summed E-state index contributed by atoms with van der Waals surface area (Å²) < 4.78 is 5.66. The highest BCUT2D eigenvalue weighted by molar-refractivity contribution is 5.80. The van der Waals surface area contributed by atoms with Gasteiger partial charge in [-0.3, -0.25) is 4.99 Å². The number of rotatable bonds is 8. The molecular weight excluding hydrogens is 312 g/mol. The summed E-state index contributed by atoms with van der Waals surface area (Å²) in [6.07, 6.45) is 5.28. The summed E-state index contributed by atoms with van der Waals surface area (Å²) >= 11 is 0. The van der Waals surface area contributed by atoms with Gasteiger partial charge >= 0.3 is 0 Å². The van der Waals surface area contributed by atoms with Crippen molar-refractivity contribution < 1.29 is 4.74 Å². The Hall–Kier alpha value is -1.75. The van der Waals surface area contributed by atoms with E-state index in [0.29, 0.717) is 0 Å². The van der Waals surface area contributed by atoms with Gasteiger partial charge in [-0.1, -0.05) is 12.1 Å². The van der Waals surface area contributed by atoms with Crippen LogP contribution in [0.1, 0.15) is 44.2 Å². The molecule has 3 rings (SSSR count). The molecule has 0 aromatic heterocycles. The van der Waals surface area contributed by atoms with Crippen molar-refractivity contribution in [2.24, 2.45) is 10.9 Å². The summed E-state index contributed by atoms with van der Waals surface area (Å²) in [6.45, 7) is 6.96. The van der Waals surface area contributed by atoms with E-state index in [2.05, 4.69) is 51.7 Å². The summed E-state index contributed by atoms with van der Waals surface area (Å²) in [5.74, 6) is 1.65. The zero-order valence-corrected chi connectivity index (χ0v) is 15.6. The van der Waals surface area contributed by atoms with Crippen LogP contribution < -0.4 is 15.5 Å². The molecule has 1 aromatic carbocycles. The van der Waals surface area contributed by atoms with Crippen LogP contribution in [0.3, 0.4) is 0 Å². The van der Waals surface area contributed by atoms with Gasteiger partial charge in [0.2, 0.25) is 0 Å². The number of nitrogens with one attached hydrogen (secondary N) is 2. The van der Waals surface area contributed by atoms with E-state index in [0.717, 1.165) is 31.6 Å². The molecule has 1 aromatic rings. The lowest BCUT2D eigenvalue weighted by Gasteiger charge is -2.22. The molecule has 0 radical (unpaired) electrons. The lowest BCUT2D eigenvalue weighted by molar-refractivity contribution is 0.129. The van der Waals surface area contributed by atoms with Gasteiger partial charge in [0.1, 0.15) is 0 Å². The van der Waals surface area contributed by atoms with Crippen molar-refractivity contribution in [3.8, 4) is 0 Å². The Bertz CT molecular complexity index is 565. The topological polar surface area (TPSA) is 48.9 Å². The van der Waals surface area contributed by atoms with Crippen molar-refractivity contribution in [2.45, 2.75) is 38.6 Å². The molecule has 1 saturated carbocycles. The minimum Gasteiger partial charge on any atom is -0.379 e. The monoisotopic (exact) mass is 344 g/mol. The quantitative estimate of drug-likeness (QED) is 0.432. The highest BCUT2D eigenvalue weighted by Gasteiger charge is 2.20. The van der Waals surface area contributed by atoms with Crippen molar-refractivity contribution in [3.05, 3.63) is 29.8 Å². The van der Waals surface area contributed by atoms with Gasteiger partial charge in [0, 0.05) is 39.0 Å². The van der Waals surface area contributed by atoms with Gasteiger partial charge in [0.05, 0.1) is 12.6 Å². The van der Waals surface area contributed by atoms with Gasteiger partial charge in [-0.25, -0.2) is 0 Å². The van der Waals surface area contributed by atoms with E-state index in [9.17, 15) is 0 Å². The third-order valence-electron chi connectivity index (χ3n) is 5.01. The van der Waals surface area contributed by atoms with Gasteiger partial charge in [-0.05, 0) is 56.2 Å². The Morgan fingerprint density at radius 3 is 2.84 bits per heavy atom. The predicted octanol–water partition coefficient (Wildman–Crippen LogP) is 2.94. The molecule has 2 fully saturated rings. The van der Waals surface area contributed by atoms with Crippen molar-refractivity contribution >= 4 is 11.6 Å². The highest BCUT2D eigenvalue weighted by atomic mass is 16.5. The standard InChI is InChI=1S/C20H32N4O/c1-16(18-6-5-7-19(14-18)24-11-3-4-12-24)23-20(21-2)22-10-13-25-15-17-8-9-17/h5-7,14,16-17H,3-4,8-13,15H2,1-2H3,(H2,21,22,23). The predicted molar refractivity (Wildman–Crippen MR) is 104 cm³/mol. The van der Waals surface area contributed by atoms with E-state index in [1.807, 2.05) is 7.05 Å². The summed E-state index contributed by atoms with van der Waals surface area (Å²) in [6, 6.07) is 9.06. The molecule has 0 amide bonds. The second kappa shape index (κ2) is 9.09. The fraction of sp³-hybridized carbons (Fsp3) is 0.650. The van der Waals surface area contributed by atoms with Crippen LogP contribution in [-0.4, -0.2) is 45.9 Å². The average Bonchev–Trinajstić information content (AvgIpc) is 3.30. The SMILES string of the molecule is CN=C(NCCOCC1CC1)NC(C)c1cccc(N2CCCC2)c1. The minimum absolute atomic E-state index is 0.209. The summed E-state index contributed by atoms with van der Waals surface area (Å²) in [5.41, 5.74) is 2.62. The number of anilines is 1. The molecule has 1 unspecified atom stereocenters. The molecule has 0 spiro atoms. The van der Waals surface area contributed by atoms with Crippen LogP contribution in [-0.2, 0) is 4.74 Å². The number of benzene rings is 1. The van der Waals surface area contributed by atoms with E-state index >= 15 is 0 Å². The van der Waals surface area contributed by atoms with Crippen LogP contribution in [0.25, 0.3) is 0 Å². The van der Waals surface area contributed by atoms with E-state index in [-0.39, 0.29) is 6.04 Å². The normalized spacial score (nSPS) is 19.1. The van der Waals surface area contributed by atoms with Crippen LogP contribution in [0.4, 0.5) is 5.69 Å². The molecule has 0 bridgehead atoms. The molecule has 1 atom stereocenters. The second-order valence-corrected chi connectivity index (χ2v) is 7.17. The molecule has 5 heteroatoms. The van der Waals surface area contributed by atoms with E-state index < -0.39 is 0 Å². The van der Waals surface area contributed by atoms with Gasteiger partial charge < -0.3 is 20.3 Å². The molecule has 1 saturated heterocycles. The Morgan fingerprint density at radius 2 is 2.12 bits per heavy atom. The molecule has 5 nitrogen and oxygen atoms in total. The summed E-state index contributed by atoms with van der Waals surface area (Å²) in [5, 5.41) is 6.81. The molecule has 1 aliphatic heterocycles. The van der Waals surface area contributed by atoms with Crippen molar-refractivity contribution in [1.29, 1.82) is 0 Å². The fourth-order valence-electron chi connectivity index (χ4n) is 3.23. The average molecular weight is 345 g/mol. The Kier molecular flexibility index (Phi) is 6.56. The maximum absolute atomic E-state index is 5.66. The Labute approximate surface area is 151 Å². The maximum Gasteiger partial charge on any atom is 0.191 e. The van der Waals surface area contributed by atoms with Gasteiger partial charge in [-0.15, -0.1) is 0 Å². The summed E-state index contributed by atoms with van der Waals surface area (Å²) in [7, 11) is 1.81. The van der Waals surface area contributed by atoms with E-state index in [1.165, 1.54) is 50.0 Å². The third kappa shape index (κ3) is 5.63. The van der Waals surface area contributed by atoms with Crippen LogP contribution in [0, 0.1) is 5.92 Å². The Balaban J connectivity index is 1.45. The maximum atomic E-state index is 5.66. The lowest BCUT2D eigenvalue weighted by Crippen LogP contribution is -2.40. The van der Waals surface area contributed by atoms with E-state index in [4.69, 9.17) is 4.74 Å². The van der Waals surface area contributed by atoms with E-state index in [1.54, 1.807) is 0 Å². The zero-order valence-electron chi connectivity index (χ0n) is 15.6. The van der Waals surface area contributed by atoms with Crippen LogP contribution in [0.2, 0.25) is 0 Å². The molecular formula is C20H32N4O. The molecule has 2 aliphatic rings. The zero-order chi connectivity index (χ0) is 17.5. The second-order valence-electron chi connectivity index (χ2n) is 7.17. The third-order valence-corrected chi connectivity index (χ3v) is 5.01. The number of hydrogen-bond acceptors (Lipinski definition) is 3. The first-order valence-corrected chi connectivity index (χ1v) is 9.66. The Morgan fingerprint density at radius 1 is 1.32 bits per heavy atom. The highest BCUT2D eigenvalue weighted by Crippen LogP contribution is 2.28. The smallest absolute Gasteiger partial charge is 0.191 e. The van der Waals surface area contributed by atoms with Crippen LogP contribution in [0.5, 0.6) is 0 Å². The fourth-order valence-corrected chi connectivity index (χ4v) is 3.23. The summed E-state index contributed by atoms with van der Waals surface area (Å²) in [4.78, 5) is 6.80. The van der Waals surface area contributed by atoms with Gasteiger partial charge in [-0.2, -0.15) is 0 Å². The minimum atomic E-state index is 0.209. The lowest BCUT2D eigenvalue weighted by atomic mass is 10.1. The molecule has 1 heterocycles.